The lowest BCUT2D eigenvalue weighted by atomic mass is 10.2. The largest absolute Gasteiger partial charge is 0.475 e. The first-order valence-corrected chi connectivity index (χ1v) is 7.38. The van der Waals surface area contributed by atoms with E-state index in [2.05, 4.69) is 30.2 Å². The Balaban J connectivity index is 1.86. The number of nitrogens with zero attached hydrogens (tertiary/aromatic N) is 1. The first-order chi connectivity index (χ1) is 9.69. The highest BCUT2D eigenvalue weighted by Crippen LogP contribution is 2.21. The third-order valence-electron chi connectivity index (χ3n) is 2.90. The molecular formula is C15H20N2O2S. The molecule has 2 rings (SSSR count). The third kappa shape index (κ3) is 4.21. The van der Waals surface area contributed by atoms with Crippen molar-refractivity contribution in [3.63, 3.8) is 0 Å². The fraction of sp³-hybridized carbons (Fsp3) is 0.400. The van der Waals surface area contributed by atoms with Crippen molar-refractivity contribution >= 4 is 17.0 Å². The van der Waals surface area contributed by atoms with Gasteiger partial charge in [-0.05, 0) is 31.5 Å². The summed E-state index contributed by atoms with van der Waals surface area (Å²) in [6.07, 6.45) is 1.79. The Morgan fingerprint density at radius 3 is 2.70 bits per heavy atom. The minimum atomic E-state index is 0.518. The minimum absolute atomic E-state index is 0.518. The van der Waals surface area contributed by atoms with Crippen molar-refractivity contribution in [1.29, 1.82) is 0 Å². The van der Waals surface area contributed by atoms with Gasteiger partial charge in [0.1, 0.15) is 6.61 Å². The Kier molecular flexibility index (Phi) is 5.38. The molecule has 2 heterocycles. The second-order valence-electron chi connectivity index (χ2n) is 4.52. The molecule has 2 aromatic heterocycles. The summed E-state index contributed by atoms with van der Waals surface area (Å²) < 4.78 is 10.3. The Morgan fingerprint density at radius 2 is 2.10 bits per heavy atom. The molecular weight excluding hydrogens is 272 g/mol. The van der Waals surface area contributed by atoms with Crippen LogP contribution in [0, 0.1) is 13.8 Å². The molecule has 0 saturated carbocycles. The highest BCUT2D eigenvalue weighted by molar-refractivity contribution is 7.12. The van der Waals surface area contributed by atoms with Crippen LogP contribution in [0.15, 0.2) is 24.4 Å². The first kappa shape index (κ1) is 14.8. The van der Waals surface area contributed by atoms with Crippen LogP contribution in [0.3, 0.4) is 0 Å². The fourth-order valence-electron chi connectivity index (χ4n) is 1.86. The Labute approximate surface area is 123 Å². The molecule has 0 radical (unpaired) electrons. The number of aromatic nitrogens is 1. The molecule has 0 unspecified atom stereocenters. The number of hydrogen-bond donors (Lipinski definition) is 1. The lowest BCUT2D eigenvalue weighted by Gasteiger charge is -2.07. The van der Waals surface area contributed by atoms with Gasteiger partial charge in [0.05, 0.1) is 18.5 Å². The Bertz CT molecular complexity index is 537. The van der Waals surface area contributed by atoms with E-state index in [1.54, 1.807) is 13.3 Å². The summed E-state index contributed by atoms with van der Waals surface area (Å²) in [6, 6.07) is 6.07. The van der Waals surface area contributed by atoms with Gasteiger partial charge in [-0.1, -0.05) is 0 Å². The summed E-state index contributed by atoms with van der Waals surface area (Å²) in [7, 11) is 1.65. The monoisotopic (exact) mass is 292 g/mol. The van der Waals surface area contributed by atoms with E-state index in [1.807, 2.05) is 23.5 Å². The number of pyridine rings is 1. The summed E-state index contributed by atoms with van der Waals surface area (Å²) in [5, 5.41) is 3.37. The maximum absolute atomic E-state index is 5.42. The zero-order valence-corrected chi connectivity index (χ0v) is 12.9. The van der Waals surface area contributed by atoms with E-state index in [1.165, 1.54) is 15.3 Å². The van der Waals surface area contributed by atoms with E-state index >= 15 is 0 Å². The molecule has 108 valence electrons. The highest BCUT2D eigenvalue weighted by Gasteiger charge is 2.03. The summed E-state index contributed by atoms with van der Waals surface area (Å²) >= 11 is 1.83. The number of thiophene rings is 1. The normalized spacial score (nSPS) is 10.6. The molecule has 0 fully saturated rings. The summed E-state index contributed by atoms with van der Waals surface area (Å²) in [4.78, 5) is 6.96. The van der Waals surface area contributed by atoms with E-state index in [0.29, 0.717) is 19.1 Å². The zero-order valence-electron chi connectivity index (χ0n) is 12.1. The number of aryl methyl sites for hydroxylation is 2. The van der Waals surface area contributed by atoms with Gasteiger partial charge < -0.3 is 14.8 Å². The van der Waals surface area contributed by atoms with Gasteiger partial charge in [-0.3, -0.25) is 0 Å². The number of anilines is 1. The molecule has 4 nitrogen and oxygen atoms in total. The highest BCUT2D eigenvalue weighted by atomic mass is 32.1. The molecule has 0 amide bonds. The van der Waals surface area contributed by atoms with Crippen LogP contribution in [0.4, 0.5) is 5.69 Å². The predicted octanol–water partition coefficient (Wildman–Crippen LogP) is 3.40. The molecule has 0 aliphatic heterocycles. The molecule has 0 spiro atoms. The number of ether oxygens (including phenoxy) is 2. The number of hydrogen-bond acceptors (Lipinski definition) is 5. The predicted molar refractivity (Wildman–Crippen MR) is 82.7 cm³/mol. The van der Waals surface area contributed by atoms with Crippen molar-refractivity contribution in [3.8, 4) is 5.88 Å². The molecule has 0 saturated heterocycles. The van der Waals surface area contributed by atoms with E-state index < -0.39 is 0 Å². The second kappa shape index (κ2) is 7.26. The van der Waals surface area contributed by atoms with Gasteiger partial charge in [-0.2, -0.15) is 0 Å². The van der Waals surface area contributed by atoms with Crippen LogP contribution in [0.5, 0.6) is 5.88 Å². The van der Waals surface area contributed by atoms with Crippen molar-refractivity contribution in [2.24, 2.45) is 0 Å². The van der Waals surface area contributed by atoms with E-state index in [9.17, 15) is 0 Å². The fourth-order valence-corrected chi connectivity index (χ4v) is 2.80. The second-order valence-corrected chi connectivity index (χ2v) is 5.98. The molecule has 0 bridgehead atoms. The Hall–Kier alpha value is -1.59. The molecule has 1 N–H and O–H groups in total. The van der Waals surface area contributed by atoms with Crippen molar-refractivity contribution in [1.82, 2.24) is 4.98 Å². The lowest BCUT2D eigenvalue weighted by Crippen LogP contribution is -2.05. The van der Waals surface area contributed by atoms with E-state index in [-0.39, 0.29) is 0 Å². The van der Waals surface area contributed by atoms with Crippen LogP contribution >= 0.6 is 11.3 Å². The van der Waals surface area contributed by atoms with Gasteiger partial charge in [-0.25, -0.2) is 4.98 Å². The van der Waals surface area contributed by atoms with Crippen LogP contribution in [0.25, 0.3) is 0 Å². The van der Waals surface area contributed by atoms with Gasteiger partial charge in [0.15, 0.2) is 0 Å². The first-order valence-electron chi connectivity index (χ1n) is 6.56. The SMILES string of the molecule is COCCOc1ccc(NCc2cc(C)sc2C)cn1. The van der Waals surface area contributed by atoms with Gasteiger partial charge in [-0.15, -0.1) is 11.3 Å². The molecule has 20 heavy (non-hydrogen) atoms. The maximum atomic E-state index is 5.42. The average molecular weight is 292 g/mol. The van der Waals surface area contributed by atoms with Gasteiger partial charge in [0.2, 0.25) is 5.88 Å². The average Bonchev–Trinajstić information content (AvgIpc) is 2.76. The Morgan fingerprint density at radius 1 is 1.25 bits per heavy atom. The standard InChI is InChI=1S/C15H20N2O2S/c1-11-8-13(12(2)20-11)9-16-14-4-5-15(17-10-14)19-7-6-18-3/h4-5,8,10,16H,6-7,9H2,1-3H3. The van der Waals surface area contributed by atoms with Gasteiger partial charge >= 0.3 is 0 Å². The topological polar surface area (TPSA) is 43.4 Å². The van der Waals surface area contributed by atoms with Crippen LogP contribution in [-0.4, -0.2) is 25.3 Å². The summed E-state index contributed by atoms with van der Waals surface area (Å²) in [5.74, 6) is 0.621. The van der Waals surface area contributed by atoms with Crippen LogP contribution in [-0.2, 0) is 11.3 Å². The quantitative estimate of drug-likeness (QED) is 0.794. The van der Waals surface area contributed by atoms with Gasteiger partial charge in [0.25, 0.3) is 0 Å². The van der Waals surface area contributed by atoms with Crippen LogP contribution in [0.2, 0.25) is 0 Å². The number of methoxy groups -OCH3 is 1. The van der Waals surface area contributed by atoms with Crippen LogP contribution < -0.4 is 10.1 Å². The zero-order chi connectivity index (χ0) is 14.4. The van der Waals surface area contributed by atoms with Crippen molar-refractivity contribution in [3.05, 3.63) is 39.7 Å². The molecule has 0 aromatic carbocycles. The minimum Gasteiger partial charge on any atom is -0.475 e. The smallest absolute Gasteiger partial charge is 0.213 e. The van der Waals surface area contributed by atoms with E-state index in [4.69, 9.17) is 9.47 Å². The molecule has 2 aromatic rings. The third-order valence-corrected chi connectivity index (χ3v) is 3.91. The van der Waals surface area contributed by atoms with Crippen LogP contribution in [0.1, 0.15) is 15.3 Å². The van der Waals surface area contributed by atoms with Crippen molar-refractivity contribution in [2.75, 3.05) is 25.6 Å². The lowest BCUT2D eigenvalue weighted by molar-refractivity contribution is 0.144. The summed E-state index contributed by atoms with van der Waals surface area (Å²) in [5.41, 5.74) is 2.33. The van der Waals surface area contributed by atoms with E-state index in [0.717, 1.165) is 12.2 Å². The van der Waals surface area contributed by atoms with Crippen molar-refractivity contribution < 1.29 is 9.47 Å². The molecule has 0 atom stereocenters. The summed E-state index contributed by atoms with van der Waals surface area (Å²) in [6.45, 7) is 6.19. The molecule has 0 aliphatic rings. The molecule has 5 heteroatoms. The maximum Gasteiger partial charge on any atom is 0.213 e. The number of rotatable bonds is 7. The van der Waals surface area contributed by atoms with Gasteiger partial charge in [0, 0.05) is 29.5 Å². The molecule has 0 aliphatic carbocycles. The van der Waals surface area contributed by atoms with Crippen molar-refractivity contribution in [2.45, 2.75) is 20.4 Å². The number of nitrogens with one attached hydrogen (secondary N) is 1.